The molecule has 4 heteroatoms. The lowest BCUT2D eigenvalue weighted by Gasteiger charge is -2.25. The first kappa shape index (κ1) is 17.1. The average Bonchev–Trinajstić information content (AvgIpc) is 3.40. The molecule has 0 radical (unpaired) electrons. The van der Waals surface area contributed by atoms with Crippen molar-refractivity contribution >= 4 is 0 Å². The van der Waals surface area contributed by atoms with Gasteiger partial charge in [0.1, 0.15) is 5.82 Å². The second kappa shape index (κ2) is 8.38. The van der Waals surface area contributed by atoms with E-state index >= 15 is 0 Å². The van der Waals surface area contributed by atoms with E-state index in [9.17, 15) is 9.50 Å². The summed E-state index contributed by atoms with van der Waals surface area (Å²) in [6, 6.07) is 17.1. The molecule has 3 rings (SSSR count). The summed E-state index contributed by atoms with van der Waals surface area (Å²) < 4.78 is 19.0. The third kappa shape index (κ3) is 5.41. The number of aliphatic hydroxyl groups excluding tert-OH is 1. The molecule has 3 nitrogen and oxygen atoms in total. The zero-order valence-electron chi connectivity index (χ0n) is 13.8. The molecule has 0 saturated heterocycles. The summed E-state index contributed by atoms with van der Waals surface area (Å²) in [4.78, 5) is 2.23. The van der Waals surface area contributed by atoms with Gasteiger partial charge in [-0.1, -0.05) is 42.5 Å². The standard InChI is InChI=1S/C20H24FNO2/c21-18-8-4-7-17(11-18)12-22(19-9-10-19)13-20(23)15-24-14-16-5-2-1-3-6-16/h1-8,11,19-20,23H,9-10,12-15H2/t20-/m0/s1. The van der Waals surface area contributed by atoms with Crippen molar-refractivity contribution < 1.29 is 14.2 Å². The third-order valence-corrected chi connectivity index (χ3v) is 4.21. The average molecular weight is 329 g/mol. The monoisotopic (exact) mass is 329 g/mol. The second-order valence-corrected chi connectivity index (χ2v) is 6.45. The van der Waals surface area contributed by atoms with Crippen molar-refractivity contribution in [3.05, 3.63) is 71.5 Å². The van der Waals surface area contributed by atoms with Gasteiger partial charge in [-0.15, -0.1) is 0 Å². The molecule has 1 saturated carbocycles. The second-order valence-electron chi connectivity index (χ2n) is 6.45. The lowest BCUT2D eigenvalue weighted by atomic mass is 10.2. The van der Waals surface area contributed by atoms with E-state index in [1.165, 1.54) is 6.07 Å². The summed E-state index contributed by atoms with van der Waals surface area (Å²) in [7, 11) is 0. The first-order chi connectivity index (χ1) is 11.7. The van der Waals surface area contributed by atoms with Crippen molar-refractivity contribution in [2.45, 2.75) is 38.1 Å². The third-order valence-electron chi connectivity index (χ3n) is 4.21. The normalized spacial score (nSPS) is 15.6. The van der Waals surface area contributed by atoms with Crippen LogP contribution in [0.4, 0.5) is 4.39 Å². The van der Waals surface area contributed by atoms with E-state index in [-0.39, 0.29) is 5.82 Å². The molecule has 128 valence electrons. The fourth-order valence-corrected chi connectivity index (χ4v) is 2.86. The molecule has 0 spiro atoms. The molecule has 2 aromatic carbocycles. The minimum Gasteiger partial charge on any atom is -0.389 e. The summed E-state index contributed by atoms with van der Waals surface area (Å²) >= 11 is 0. The zero-order valence-corrected chi connectivity index (χ0v) is 13.8. The number of nitrogens with zero attached hydrogens (tertiary/aromatic N) is 1. The van der Waals surface area contributed by atoms with Crippen molar-refractivity contribution in [3.63, 3.8) is 0 Å². The van der Waals surface area contributed by atoms with Crippen molar-refractivity contribution in [1.82, 2.24) is 4.90 Å². The number of ether oxygens (including phenoxy) is 1. The van der Waals surface area contributed by atoms with Gasteiger partial charge in [0.25, 0.3) is 0 Å². The topological polar surface area (TPSA) is 32.7 Å². The van der Waals surface area contributed by atoms with Gasteiger partial charge in [0.15, 0.2) is 0 Å². The number of halogens is 1. The van der Waals surface area contributed by atoms with Gasteiger partial charge in [-0.05, 0) is 36.1 Å². The molecule has 0 aliphatic heterocycles. The van der Waals surface area contributed by atoms with Crippen molar-refractivity contribution in [3.8, 4) is 0 Å². The Bertz CT molecular complexity index is 631. The van der Waals surface area contributed by atoms with E-state index in [1.807, 2.05) is 36.4 Å². The maximum absolute atomic E-state index is 13.3. The van der Waals surface area contributed by atoms with Gasteiger partial charge in [-0.3, -0.25) is 4.90 Å². The molecule has 1 atom stereocenters. The Kier molecular flexibility index (Phi) is 5.96. The number of hydrogen-bond acceptors (Lipinski definition) is 3. The highest BCUT2D eigenvalue weighted by Crippen LogP contribution is 2.28. The number of hydrogen-bond donors (Lipinski definition) is 1. The summed E-state index contributed by atoms with van der Waals surface area (Å²) in [5.41, 5.74) is 2.04. The predicted molar refractivity (Wildman–Crippen MR) is 91.9 cm³/mol. The predicted octanol–water partition coefficient (Wildman–Crippen LogP) is 3.37. The van der Waals surface area contributed by atoms with Crippen LogP contribution in [0.2, 0.25) is 0 Å². The molecule has 2 aromatic rings. The van der Waals surface area contributed by atoms with E-state index < -0.39 is 6.10 Å². The molecule has 1 aliphatic rings. The van der Waals surface area contributed by atoms with Gasteiger partial charge in [0.2, 0.25) is 0 Å². The SMILES string of the molecule is O[C@H](COCc1ccccc1)CN(Cc1cccc(F)c1)C1CC1. The van der Waals surface area contributed by atoms with Crippen LogP contribution in [0.3, 0.4) is 0 Å². The minimum atomic E-state index is -0.539. The number of benzene rings is 2. The Morgan fingerprint density at radius 2 is 1.83 bits per heavy atom. The summed E-state index contributed by atoms with van der Waals surface area (Å²) in [5, 5.41) is 10.3. The molecular weight excluding hydrogens is 305 g/mol. The van der Waals surface area contributed by atoms with Crippen LogP contribution in [0, 0.1) is 5.82 Å². The van der Waals surface area contributed by atoms with E-state index in [1.54, 1.807) is 12.1 Å². The van der Waals surface area contributed by atoms with Crippen LogP contribution in [0.1, 0.15) is 24.0 Å². The van der Waals surface area contributed by atoms with Crippen LogP contribution < -0.4 is 0 Å². The zero-order chi connectivity index (χ0) is 16.8. The largest absolute Gasteiger partial charge is 0.389 e. The maximum atomic E-state index is 13.3. The molecular formula is C20H24FNO2. The highest BCUT2D eigenvalue weighted by molar-refractivity contribution is 5.16. The number of aliphatic hydroxyl groups is 1. The molecule has 0 aromatic heterocycles. The van der Waals surface area contributed by atoms with Crippen LogP contribution in [0.5, 0.6) is 0 Å². The molecule has 0 amide bonds. The summed E-state index contributed by atoms with van der Waals surface area (Å²) in [6.07, 6.45) is 1.75. The molecule has 1 N–H and O–H groups in total. The highest BCUT2D eigenvalue weighted by atomic mass is 19.1. The Hall–Kier alpha value is -1.75. The van der Waals surface area contributed by atoms with Crippen LogP contribution in [0.15, 0.2) is 54.6 Å². The first-order valence-corrected chi connectivity index (χ1v) is 8.49. The highest BCUT2D eigenvalue weighted by Gasteiger charge is 2.30. The molecule has 0 heterocycles. The van der Waals surface area contributed by atoms with Gasteiger partial charge in [0, 0.05) is 19.1 Å². The van der Waals surface area contributed by atoms with Crippen LogP contribution >= 0.6 is 0 Å². The van der Waals surface area contributed by atoms with Crippen molar-refractivity contribution in [1.29, 1.82) is 0 Å². The molecule has 24 heavy (non-hydrogen) atoms. The smallest absolute Gasteiger partial charge is 0.123 e. The Morgan fingerprint density at radius 1 is 1.08 bits per heavy atom. The summed E-state index contributed by atoms with van der Waals surface area (Å²) in [6.45, 7) is 2.03. The van der Waals surface area contributed by atoms with Gasteiger partial charge in [-0.25, -0.2) is 4.39 Å². The summed E-state index contributed by atoms with van der Waals surface area (Å²) in [5.74, 6) is -0.213. The van der Waals surface area contributed by atoms with Gasteiger partial charge in [-0.2, -0.15) is 0 Å². The maximum Gasteiger partial charge on any atom is 0.123 e. The molecule has 0 unspecified atom stereocenters. The fourth-order valence-electron chi connectivity index (χ4n) is 2.86. The van der Waals surface area contributed by atoms with E-state index in [2.05, 4.69) is 4.90 Å². The fraction of sp³-hybridized carbons (Fsp3) is 0.400. The first-order valence-electron chi connectivity index (χ1n) is 8.49. The Morgan fingerprint density at radius 3 is 2.54 bits per heavy atom. The lowest BCUT2D eigenvalue weighted by Crippen LogP contribution is -2.36. The molecule has 1 fully saturated rings. The van der Waals surface area contributed by atoms with E-state index in [4.69, 9.17) is 4.74 Å². The minimum absolute atomic E-state index is 0.213. The van der Waals surface area contributed by atoms with Crippen LogP contribution in [-0.2, 0) is 17.9 Å². The van der Waals surface area contributed by atoms with Crippen molar-refractivity contribution in [2.24, 2.45) is 0 Å². The quantitative estimate of drug-likeness (QED) is 0.766. The Labute approximate surface area is 142 Å². The lowest BCUT2D eigenvalue weighted by molar-refractivity contribution is 0.00704. The molecule has 1 aliphatic carbocycles. The van der Waals surface area contributed by atoms with Crippen LogP contribution in [-0.4, -0.2) is 35.3 Å². The molecule has 0 bridgehead atoms. The van der Waals surface area contributed by atoms with Gasteiger partial charge >= 0.3 is 0 Å². The van der Waals surface area contributed by atoms with Crippen LogP contribution in [0.25, 0.3) is 0 Å². The van der Waals surface area contributed by atoms with Gasteiger partial charge in [0.05, 0.1) is 19.3 Å². The van der Waals surface area contributed by atoms with Gasteiger partial charge < -0.3 is 9.84 Å². The Balaban J connectivity index is 1.46. The van der Waals surface area contributed by atoms with E-state index in [0.717, 1.165) is 24.0 Å². The number of rotatable bonds is 9. The van der Waals surface area contributed by atoms with E-state index in [0.29, 0.717) is 32.3 Å². The van der Waals surface area contributed by atoms with Crippen molar-refractivity contribution in [2.75, 3.05) is 13.2 Å².